The Morgan fingerprint density at radius 3 is 2.46 bits per heavy atom. The highest BCUT2D eigenvalue weighted by Crippen LogP contribution is 2.25. The van der Waals surface area contributed by atoms with E-state index in [2.05, 4.69) is 0 Å². The zero-order valence-corrected chi connectivity index (χ0v) is 7.28. The summed E-state index contributed by atoms with van der Waals surface area (Å²) in [5.74, 6) is -1.73. The fraction of sp³-hybridized carbons (Fsp3) is 0. The normalized spacial score (nSPS) is 10.7. The van der Waals surface area contributed by atoms with E-state index >= 15 is 0 Å². The predicted molar refractivity (Wildman–Crippen MR) is 48.9 cm³/mol. The van der Waals surface area contributed by atoms with E-state index in [9.17, 15) is 8.78 Å². The van der Waals surface area contributed by atoms with Gasteiger partial charge in [0.15, 0.2) is 11.6 Å². The molecular weight excluding hydrogens is 194 g/mol. The summed E-state index contributed by atoms with van der Waals surface area (Å²) >= 11 is 5.79. The minimum atomic E-state index is -0.874. The molecule has 3 heteroatoms. The lowest BCUT2D eigenvalue weighted by atomic mass is 10.1. The van der Waals surface area contributed by atoms with E-state index in [1.807, 2.05) is 0 Å². The standard InChI is InChI=1S/C10H5ClF2/c11-8-3-1-2-6-4-9(12)10(13)5-7(6)8/h1-5H. The molecule has 0 aliphatic heterocycles. The van der Waals surface area contributed by atoms with Crippen LogP contribution in [0.4, 0.5) is 8.78 Å². The van der Waals surface area contributed by atoms with Crippen molar-refractivity contribution < 1.29 is 8.78 Å². The van der Waals surface area contributed by atoms with Crippen LogP contribution in [0.2, 0.25) is 5.02 Å². The first-order valence-electron chi connectivity index (χ1n) is 3.72. The summed E-state index contributed by atoms with van der Waals surface area (Å²) < 4.78 is 25.6. The largest absolute Gasteiger partial charge is 0.204 e. The Morgan fingerprint density at radius 1 is 1.00 bits per heavy atom. The van der Waals surface area contributed by atoms with Crippen molar-refractivity contribution in [3.05, 3.63) is 47.0 Å². The molecule has 0 N–H and O–H groups in total. The van der Waals surface area contributed by atoms with E-state index in [1.54, 1.807) is 18.2 Å². The van der Waals surface area contributed by atoms with Crippen LogP contribution in [0.5, 0.6) is 0 Å². The van der Waals surface area contributed by atoms with Gasteiger partial charge in [-0.2, -0.15) is 0 Å². The predicted octanol–water partition coefficient (Wildman–Crippen LogP) is 3.77. The van der Waals surface area contributed by atoms with E-state index in [0.717, 1.165) is 12.1 Å². The third-order valence-corrected chi connectivity index (χ3v) is 2.20. The molecular formula is C10H5ClF2. The number of halogens is 3. The van der Waals surface area contributed by atoms with Crippen molar-refractivity contribution >= 4 is 22.4 Å². The van der Waals surface area contributed by atoms with Gasteiger partial charge in [0.05, 0.1) is 0 Å². The van der Waals surface area contributed by atoms with Gasteiger partial charge in [0.25, 0.3) is 0 Å². The average molecular weight is 199 g/mol. The van der Waals surface area contributed by atoms with Crippen LogP contribution < -0.4 is 0 Å². The molecule has 0 aromatic heterocycles. The molecule has 0 atom stereocenters. The van der Waals surface area contributed by atoms with Gasteiger partial charge >= 0.3 is 0 Å². The maximum atomic E-state index is 12.8. The van der Waals surface area contributed by atoms with Crippen molar-refractivity contribution in [2.75, 3.05) is 0 Å². The van der Waals surface area contributed by atoms with Crippen molar-refractivity contribution in [1.82, 2.24) is 0 Å². The van der Waals surface area contributed by atoms with E-state index in [4.69, 9.17) is 11.6 Å². The van der Waals surface area contributed by atoms with Crippen LogP contribution in [-0.2, 0) is 0 Å². The smallest absolute Gasteiger partial charge is 0.159 e. The average Bonchev–Trinajstić information content (AvgIpc) is 2.09. The number of fused-ring (bicyclic) bond motifs is 1. The van der Waals surface area contributed by atoms with Crippen molar-refractivity contribution in [1.29, 1.82) is 0 Å². The van der Waals surface area contributed by atoms with E-state index in [-0.39, 0.29) is 0 Å². The van der Waals surface area contributed by atoms with Gasteiger partial charge in [-0.05, 0) is 23.6 Å². The molecule has 13 heavy (non-hydrogen) atoms. The van der Waals surface area contributed by atoms with E-state index in [1.165, 1.54) is 0 Å². The molecule has 0 saturated carbocycles. The first-order chi connectivity index (χ1) is 6.18. The van der Waals surface area contributed by atoms with Crippen molar-refractivity contribution in [3.63, 3.8) is 0 Å². The Kier molecular flexibility index (Phi) is 1.93. The van der Waals surface area contributed by atoms with Crippen LogP contribution in [0.25, 0.3) is 10.8 Å². The molecule has 0 amide bonds. The molecule has 0 radical (unpaired) electrons. The molecule has 2 aromatic carbocycles. The lowest BCUT2D eigenvalue weighted by molar-refractivity contribution is 0.511. The van der Waals surface area contributed by atoms with Gasteiger partial charge in [-0.15, -0.1) is 0 Å². The second-order valence-corrected chi connectivity index (χ2v) is 3.13. The summed E-state index contributed by atoms with van der Waals surface area (Å²) in [5, 5.41) is 1.56. The number of hydrogen-bond donors (Lipinski definition) is 0. The van der Waals surface area contributed by atoms with Crippen molar-refractivity contribution in [2.45, 2.75) is 0 Å². The topological polar surface area (TPSA) is 0 Å². The van der Waals surface area contributed by atoms with Gasteiger partial charge < -0.3 is 0 Å². The highest BCUT2D eigenvalue weighted by Gasteiger charge is 2.05. The second-order valence-electron chi connectivity index (χ2n) is 2.73. The Hall–Kier alpha value is -1.15. The first kappa shape index (κ1) is 8.45. The summed E-state index contributed by atoms with van der Waals surface area (Å²) in [4.78, 5) is 0. The Balaban J connectivity index is 2.89. The molecule has 0 spiro atoms. The van der Waals surface area contributed by atoms with Gasteiger partial charge in [0, 0.05) is 10.4 Å². The zero-order chi connectivity index (χ0) is 9.42. The molecule has 0 unspecified atom stereocenters. The molecule has 66 valence electrons. The molecule has 0 aliphatic carbocycles. The van der Waals surface area contributed by atoms with E-state index < -0.39 is 11.6 Å². The van der Waals surface area contributed by atoms with Crippen molar-refractivity contribution in [2.24, 2.45) is 0 Å². The van der Waals surface area contributed by atoms with Gasteiger partial charge in [0.1, 0.15) is 0 Å². The Bertz CT molecular complexity index is 466. The minimum Gasteiger partial charge on any atom is -0.204 e. The molecule has 2 aromatic rings. The van der Waals surface area contributed by atoms with E-state index in [0.29, 0.717) is 15.8 Å². The maximum absolute atomic E-state index is 12.8. The number of hydrogen-bond acceptors (Lipinski definition) is 0. The summed E-state index contributed by atoms with van der Waals surface area (Å²) in [6.07, 6.45) is 0. The van der Waals surface area contributed by atoms with Crippen LogP contribution in [0.15, 0.2) is 30.3 Å². The number of rotatable bonds is 0. The molecule has 0 heterocycles. The van der Waals surface area contributed by atoms with Gasteiger partial charge in [0.2, 0.25) is 0 Å². The molecule has 0 aliphatic rings. The molecule has 2 rings (SSSR count). The molecule has 0 bridgehead atoms. The van der Waals surface area contributed by atoms with Crippen LogP contribution in [0.3, 0.4) is 0 Å². The van der Waals surface area contributed by atoms with Crippen LogP contribution in [-0.4, -0.2) is 0 Å². The minimum absolute atomic E-state index is 0.427. The Labute approximate surface area is 78.7 Å². The third-order valence-electron chi connectivity index (χ3n) is 1.87. The van der Waals surface area contributed by atoms with Crippen LogP contribution in [0, 0.1) is 11.6 Å². The van der Waals surface area contributed by atoms with Gasteiger partial charge in [-0.3, -0.25) is 0 Å². The highest BCUT2D eigenvalue weighted by molar-refractivity contribution is 6.35. The zero-order valence-electron chi connectivity index (χ0n) is 6.52. The first-order valence-corrected chi connectivity index (χ1v) is 4.09. The SMILES string of the molecule is Fc1cc2cccc(Cl)c2cc1F. The lowest BCUT2D eigenvalue weighted by Crippen LogP contribution is -1.84. The third kappa shape index (κ3) is 1.38. The monoisotopic (exact) mass is 198 g/mol. The summed E-state index contributed by atoms with van der Waals surface area (Å²) in [6, 6.07) is 7.26. The fourth-order valence-electron chi connectivity index (χ4n) is 1.23. The fourth-order valence-corrected chi connectivity index (χ4v) is 1.47. The quantitative estimate of drug-likeness (QED) is 0.605. The second kappa shape index (κ2) is 2.96. The van der Waals surface area contributed by atoms with Gasteiger partial charge in [-0.25, -0.2) is 8.78 Å². The molecule has 0 saturated heterocycles. The van der Waals surface area contributed by atoms with Crippen LogP contribution in [0.1, 0.15) is 0 Å². The highest BCUT2D eigenvalue weighted by atomic mass is 35.5. The van der Waals surface area contributed by atoms with Crippen molar-refractivity contribution in [3.8, 4) is 0 Å². The number of benzene rings is 2. The maximum Gasteiger partial charge on any atom is 0.159 e. The summed E-state index contributed by atoms with van der Waals surface area (Å²) in [7, 11) is 0. The molecule has 0 nitrogen and oxygen atoms in total. The summed E-state index contributed by atoms with van der Waals surface area (Å²) in [6.45, 7) is 0. The Morgan fingerprint density at radius 2 is 1.69 bits per heavy atom. The van der Waals surface area contributed by atoms with Gasteiger partial charge in [-0.1, -0.05) is 23.7 Å². The lowest BCUT2D eigenvalue weighted by Gasteiger charge is -2.00. The van der Waals surface area contributed by atoms with Crippen LogP contribution >= 0.6 is 11.6 Å². The molecule has 0 fully saturated rings. The summed E-state index contributed by atoms with van der Waals surface area (Å²) in [5.41, 5.74) is 0.